The number of amides is 1. The number of alkyl carbamates (subject to hydrolysis) is 1. The van der Waals surface area contributed by atoms with Gasteiger partial charge in [-0.25, -0.2) is 9.48 Å². The average molecular weight is 444 g/mol. The van der Waals surface area contributed by atoms with Crippen LogP contribution in [0.2, 0.25) is 0 Å². The van der Waals surface area contributed by atoms with Crippen molar-refractivity contribution in [3.63, 3.8) is 0 Å². The smallest absolute Gasteiger partial charge is 0.407 e. The topological polar surface area (TPSA) is 128 Å². The summed E-state index contributed by atoms with van der Waals surface area (Å²) < 4.78 is 13.0. The van der Waals surface area contributed by atoms with Gasteiger partial charge in [-0.15, -0.1) is 5.10 Å². The monoisotopic (exact) mass is 443 g/mol. The molecule has 2 N–H and O–H groups in total. The van der Waals surface area contributed by atoms with Crippen molar-refractivity contribution >= 4 is 12.1 Å². The summed E-state index contributed by atoms with van der Waals surface area (Å²) >= 11 is 0. The molecule has 2 saturated carbocycles. The summed E-state index contributed by atoms with van der Waals surface area (Å²) in [6.45, 7) is 0.225. The summed E-state index contributed by atoms with van der Waals surface area (Å²) in [5.41, 5.74) is 1.90. The van der Waals surface area contributed by atoms with Gasteiger partial charge in [0, 0.05) is 7.05 Å². The van der Waals surface area contributed by atoms with Crippen LogP contribution in [-0.2, 0) is 23.1 Å². The summed E-state index contributed by atoms with van der Waals surface area (Å²) in [4.78, 5) is 27.8. The van der Waals surface area contributed by atoms with Gasteiger partial charge in [0.05, 0.1) is 36.2 Å². The molecule has 1 amide bonds. The van der Waals surface area contributed by atoms with Crippen molar-refractivity contribution in [1.29, 1.82) is 0 Å². The highest BCUT2D eigenvalue weighted by atomic mass is 16.6. The van der Waals surface area contributed by atoms with Crippen LogP contribution in [0.4, 0.5) is 4.79 Å². The second-order valence-electron chi connectivity index (χ2n) is 8.49. The van der Waals surface area contributed by atoms with E-state index in [4.69, 9.17) is 9.47 Å². The fourth-order valence-corrected chi connectivity index (χ4v) is 4.39. The zero-order valence-electron chi connectivity index (χ0n) is 18.2. The maximum Gasteiger partial charge on any atom is 0.407 e. The SMILES string of the molecule is Cn1nnc(-c2ccc(O[C@H]3CCCC(C(=O)O)C3)cn2)c1CNC(=O)OC1CCCC1. The molecule has 1 unspecified atom stereocenters. The molecule has 32 heavy (non-hydrogen) atoms. The van der Waals surface area contributed by atoms with Gasteiger partial charge >= 0.3 is 12.1 Å². The largest absolute Gasteiger partial charge is 0.489 e. The van der Waals surface area contributed by atoms with E-state index in [9.17, 15) is 14.7 Å². The number of carboxylic acid groups (broad SMARTS) is 1. The number of aryl methyl sites for hydroxylation is 1. The molecule has 0 radical (unpaired) electrons. The molecule has 2 heterocycles. The van der Waals surface area contributed by atoms with Crippen LogP contribution in [0.3, 0.4) is 0 Å². The molecule has 0 saturated heterocycles. The van der Waals surface area contributed by atoms with Crippen LogP contribution >= 0.6 is 0 Å². The molecule has 2 aromatic heterocycles. The maximum atomic E-state index is 12.1. The lowest BCUT2D eigenvalue weighted by Crippen LogP contribution is -2.29. The number of ether oxygens (including phenoxy) is 2. The van der Waals surface area contributed by atoms with Crippen LogP contribution in [0.5, 0.6) is 5.75 Å². The highest BCUT2D eigenvalue weighted by Gasteiger charge is 2.28. The second-order valence-corrected chi connectivity index (χ2v) is 8.49. The third kappa shape index (κ3) is 5.35. The summed E-state index contributed by atoms with van der Waals surface area (Å²) in [5.74, 6) is -0.521. The molecular formula is C22H29N5O5. The van der Waals surface area contributed by atoms with E-state index < -0.39 is 12.1 Å². The third-order valence-electron chi connectivity index (χ3n) is 6.18. The van der Waals surface area contributed by atoms with Gasteiger partial charge in [-0.3, -0.25) is 9.78 Å². The van der Waals surface area contributed by atoms with Gasteiger partial charge in [0.15, 0.2) is 0 Å². The van der Waals surface area contributed by atoms with Gasteiger partial charge in [-0.05, 0) is 63.5 Å². The van der Waals surface area contributed by atoms with Gasteiger partial charge < -0.3 is 19.9 Å². The molecule has 10 nitrogen and oxygen atoms in total. The number of rotatable bonds is 7. The molecule has 4 rings (SSSR count). The molecule has 2 atom stereocenters. The highest BCUT2D eigenvalue weighted by molar-refractivity contribution is 5.70. The van der Waals surface area contributed by atoms with Crippen molar-refractivity contribution in [2.45, 2.75) is 70.1 Å². The van der Waals surface area contributed by atoms with E-state index in [-0.39, 0.29) is 24.7 Å². The van der Waals surface area contributed by atoms with E-state index in [1.807, 2.05) is 0 Å². The Morgan fingerprint density at radius 2 is 1.94 bits per heavy atom. The molecule has 2 fully saturated rings. The predicted molar refractivity (Wildman–Crippen MR) is 114 cm³/mol. The zero-order valence-corrected chi connectivity index (χ0v) is 18.2. The third-order valence-corrected chi connectivity index (χ3v) is 6.18. The molecule has 2 aliphatic carbocycles. The second kappa shape index (κ2) is 9.97. The minimum absolute atomic E-state index is 0.00304. The molecule has 10 heteroatoms. The number of carbonyl (C=O) groups is 2. The van der Waals surface area contributed by atoms with Crippen LogP contribution < -0.4 is 10.1 Å². The summed E-state index contributed by atoms with van der Waals surface area (Å²) in [6.07, 6.45) is 7.97. The minimum atomic E-state index is -0.761. The predicted octanol–water partition coefficient (Wildman–Crippen LogP) is 3.07. The Labute approximate surface area is 186 Å². The van der Waals surface area contributed by atoms with Crippen molar-refractivity contribution in [2.75, 3.05) is 0 Å². The zero-order chi connectivity index (χ0) is 22.5. The first-order valence-corrected chi connectivity index (χ1v) is 11.2. The lowest BCUT2D eigenvalue weighted by Gasteiger charge is -2.27. The quantitative estimate of drug-likeness (QED) is 0.668. The number of hydrogen-bond donors (Lipinski definition) is 2. The molecule has 2 aromatic rings. The number of nitrogens with zero attached hydrogens (tertiary/aromatic N) is 4. The Kier molecular flexibility index (Phi) is 6.87. The number of hydrogen-bond acceptors (Lipinski definition) is 7. The molecular weight excluding hydrogens is 414 g/mol. The van der Waals surface area contributed by atoms with Crippen LogP contribution in [0, 0.1) is 5.92 Å². The fraction of sp³-hybridized carbons (Fsp3) is 0.591. The standard InChI is InChI=1S/C22H29N5O5/c1-27-19(13-24-22(30)32-15-6-2-3-7-15)20(25-26-27)18-10-9-17(12-23-18)31-16-8-4-5-14(11-16)21(28)29/h9-10,12,14-16H,2-8,11,13H2,1H3,(H,24,30)(H,28,29)/t14?,16-/m0/s1. The van der Waals surface area contributed by atoms with Gasteiger partial charge in [-0.2, -0.15) is 0 Å². The van der Waals surface area contributed by atoms with Crippen molar-refractivity contribution < 1.29 is 24.2 Å². The van der Waals surface area contributed by atoms with E-state index in [1.54, 1.807) is 30.1 Å². The molecule has 0 spiro atoms. The number of carbonyl (C=O) groups excluding carboxylic acids is 1. The van der Waals surface area contributed by atoms with Gasteiger partial charge in [-0.1, -0.05) is 5.21 Å². The van der Waals surface area contributed by atoms with Crippen molar-refractivity contribution in [2.24, 2.45) is 13.0 Å². The Morgan fingerprint density at radius 1 is 1.16 bits per heavy atom. The number of carboxylic acids is 1. The molecule has 2 aliphatic rings. The number of pyridine rings is 1. The summed E-state index contributed by atoms with van der Waals surface area (Å²) in [5, 5.41) is 20.3. The van der Waals surface area contributed by atoms with Crippen molar-refractivity contribution in [3.05, 3.63) is 24.0 Å². The van der Waals surface area contributed by atoms with E-state index in [2.05, 4.69) is 20.6 Å². The Hall–Kier alpha value is -3.17. The summed E-state index contributed by atoms with van der Waals surface area (Å²) in [6, 6.07) is 3.59. The minimum Gasteiger partial charge on any atom is -0.489 e. The van der Waals surface area contributed by atoms with E-state index in [0.29, 0.717) is 35.7 Å². The lowest BCUT2D eigenvalue weighted by molar-refractivity contribution is -0.143. The maximum absolute atomic E-state index is 12.1. The first kappa shape index (κ1) is 22.0. The van der Waals surface area contributed by atoms with E-state index in [1.165, 1.54) is 0 Å². The molecule has 0 aliphatic heterocycles. The number of nitrogens with one attached hydrogen (secondary N) is 1. The molecule has 0 bridgehead atoms. The first-order chi connectivity index (χ1) is 15.5. The van der Waals surface area contributed by atoms with Crippen LogP contribution in [0.1, 0.15) is 57.1 Å². The Morgan fingerprint density at radius 3 is 2.66 bits per heavy atom. The van der Waals surface area contributed by atoms with E-state index >= 15 is 0 Å². The van der Waals surface area contributed by atoms with Crippen LogP contribution in [0.25, 0.3) is 11.4 Å². The van der Waals surface area contributed by atoms with Gasteiger partial charge in [0.25, 0.3) is 0 Å². The van der Waals surface area contributed by atoms with Crippen molar-refractivity contribution in [3.8, 4) is 17.1 Å². The van der Waals surface area contributed by atoms with E-state index in [0.717, 1.165) is 38.5 Å². The number of aromatic nitrogens is 4. The van der Waals surface area contributed by atoms with Crippen LogP contribution in [-0.4, -0.2) is 49.4 Å². The lowest BCUT2D eigenvalue weighted by atomic mass is 9.87. The van der Waals surface area contributed by atoms with Crippen LogP contribution in [0.15, 0.2) is 18.3 Å². The van der Waals surface area contributed by atoms with Crippen molar-refractivity contribution in [1.82, 2.24) is 25.3 Å². The number of aliphatic carboxylic acids is 1. The Bertz CT molecular complexity index is 939. The summed E-state index contributed by atoms with van der Waals surface area (Å²) in [7, 11) is 1.76. The normalized spacial score (nSPS) is 21.3. The molecule has 172 valence electrons. The fourth-order valence-electron chi connectivity index (χ4n) is 4.39. The highest BCUT2D eigenvalue weighted by Crippen LogP contribution is 2.29. The molecule has 0 aromatic carbocycles. The average Bonchev–Trinajstić information content (AvgIpc) is 3.42. The van der Waals surface area contributed by atoms with Gasteiger partial charge in [0.2, 0.25) is 0 Å². The Balaban J connectivity index is 1.36. The van der Waals surface area contributed by atoms with Gasteiger partial charge in [0.1, 0.15) is 17.5 Å². The first-order valence-electron chi connectivity index (χ1n) is 11.2.